The molecule has 2 heterocycles. The number of halogens is 1. The van der Waals surface area contributed by atoms with Crippen LogP contribution in [0.25, 0.3) is 10.2 Å². The summed E-state index contributed by atoms with van der Waals surface area (Å²) in [6, 6.07) is 9.74. The maximum atomic E-state index is 13.5. The fourth-order valence-corrected chi connectivity index (χ4v) is 4.12. The van der Waals surface area contributed by atoms with Gasteiger partial charge >= 0.3 is 0 Å². The van der Waals surface area contributed by atoms with Crippen LogP contribution in [-0.4, -0.2) is 35.1 Å². The summed E-state index contributed by atoms with van der Waals surface area (Å²) in [5.74, 6) is -0.694. The van der Waals surface area contributed by atoms with Crippen molar-refractivity contribution < 1.29 is 18.8 Å². The highest BCUT2D eigenvalue weighted by molar-refractivity contribution is 7.22. The molecule has 2 aromatic carbocycles. The monoisotopic (exact) mass is 401 g/mol. The second-order valence-electron chi connectivity index (χ2n) is 6.46. The lowest BCUT2D eigenvalue weighted by Crippen LogP contribution is -2.37. The molecule has 1 unspecified atom stereocenters. The average molecular weight is 401 g/mol. The zero-order valence-corrected chi connectivity index (χ0v) is 15.5. The van der Waals surface area contributed by atoms with Crippen molar-refractivity contribution in [1.29, 1.82) is 0 Å². The number of carbonyl (C=O) groups excluding carboxylic acids is 1. The van der Waals surface area contributed by atoms with Crippen LogP contribution in [-0.2, 0) is 4.74 Å². The molecule has 0 saturated carbocycles. The lowest BCUT2D eigenvalue weighted by atomic mass is 10.1. The Hall–Kier alpha value is -2.91. The number of rotatable bonds is 5. The second kappa shape index (κ2) is 7.61. The van der Waals surface area contributed by atoms with Gasteiger partial charge in [-0.05, 0) is 43.2 Å². The third-order valence-electron chi connectivity index (χ3n) is 4.55. The van der Waals surface area contributed by atoms with E-state index in [1.54, 1.807) is 6.07 Å². The molecule has 0 bridgehead atoms. The number of hydrogen-bond donors (Lipinski definition) is 0. The highest BCUT2D eigenvalue weighted by Crippen LogP contribution is 2.31. The molecule has 1 saturated heterocycles. The first kappa shape index (κ1) is 18.5. The van der Waals surface area contributed by atoms with E-state index in [4.69, 9.17) is 4.74 Å². The predicted molar refractivity (Wildman–Crippen MR) is 103 cm³/mol. The minimum Gasteiger partial charge on any atom is -0.376 e. The topological polar surface area (TPSA) is 85.6 Å². The van der Waals surface area contributed by atoms with E-state index in [1.807, 2.05) is 0 Å². The highest BCUT2D eigenvalue weighted by Gasteiger charge is 2.27. The van der Waals surface area contributed by atoms with Crippen molar-refractivity contribution >= 4 is 38.3 Å². The molecule has 0 N–H and O–H groups in total. The molecule has 1 fully saturated rings. The van der Waals surface area contributed by atoms with Crippen LogP contribution in [0.1, 0.15) is 23.2 Å². The SMILES string of the molecule is O=C(c1ccc([N+](=O)[O-])cc1)N(CC1CCCO1)c1nc2ccc(F)cc2s1. The van der Waals surface area contributed by atoms with Crippen molar-refractivity contribution in [2.75, 3.05) is 18.1 Å². The van der Waals surface area contributed by atoms with Gasteiger partial charge in [-0.25, -0.2) is 9.37 Å². The van der Waals surface area contributed by atoms with Crippen LogP contribution in [0.5, 0.6) is 0 Å². The molecular formula is C19H16FN3O4S. The fraction of sp³-hybridized carbons (Fsp3) is 0.263. The third-order valence-corrected chi connectivity index (χ3v) is 5.59. The summed E-state index contributed by atoms with van der Waals surface area (Å²) in [5.41, 5.74) is 0.835. The van der Waals surface area contributed by atoms with Crippen molar-refractivity contribution in [2.24, 2.45) is 0 Å². The molecule has 28 heavy (non-hydrogen) atoms. The quantitative estimate of drug-likeness (QED) is 0.473. The molecule has 1 amide bonds. The van der Waals surface area contributed by atoms with Gasteiger partial charge in [-0.3, -0.25) is 19.8 Å². The van der Waals surface area contributed by atoms with Gasteiger partial charge in [-0.2, -0.15) is 0 Å². The van der Waals surface area contributed by atoms with Crippen LogP contribution in [0.15, 0.2) is 42.5 Å². The van der Waals surface area contributed by atoms with E-state index in [9.17, 15) is 19.3 Å². The molecule has 1 aromatic heterocycles. The largest absolute Gasteiger partial charge is 0.376 e. The van der Waals surface area contributed by atoms with Gasteiger partial charge in [-0.1, -0.05) is 11.3 Å². The number of fused-ring (bicyclic) bond motifs is 1. The molecule has 7 nitrogen and oxygen atoms in total. The molecule has 4 rings (SSSR count). The first-order valence-corrected chi connectivity index (χ1v) is 9.57. The minimum atomic E-state index is -0.513. The van der Waals surface area contributed by atoms with Crippen LogP contribution >= 0.6 is 11.3 Å². The Bertz CT molecular complexity index is 1030. The minimum absolute atomic E-state index is 0.0855. The van der Waals surface area contributed by atoms with E-state index >= 15 is 0 Å². The number of thiazole rings is 1. The number of non-ortho nitro benzene ring substituents is 1. The van der Waals surface area contributed by atoms with Crippen LogP contribution in [0, 0.1) is 15.9 Å². The molecule has 3 aromatic rings. The van der Waals surface area contributed by atoms with Gasteiger partial charge in [0.2, 0.25) is 0 Å². The smallest absolute Gasteiger partial charge is 0.269 e. The number of carbonyl (C=O) groups is 1. The number of aromatic nitrogens is 1. The molecular weight excluding hydrogens is 385 g/mol. The van der Waals surface area contributed by atoms with Crippen molar-refractivity contribution in [1.82, 2.24) is 4.98 Å². The van der Waals surface area contributed by atoms with E-state index in [1.165, 1.54) is 52.6 Å². The standard InChI is InChI=1S/C19H16FN3O4S/c20-13-5-8-16-17(10-13)28-19(21-16)22(11-15-2-1-9-27-15)18(24)12-3-6-14(7-4-12)23(25)26/h3-8,10,15H,1-2,9,11H2. The lowest BCUT2D eigenvalue weighted by Gasteiger charge is -2.23. The van der Waals surface area contributed by atoms with Gasteiger partial charge in [0.1, 0.15) is 5.82 Å². The highest BCUT2D eigenvalue weighted by atomic mass is 32.1. The van der Waals surface area contributed by atoms with Crippen molar-refractivity contribution in [3.8, 4) is 0 Å². The fourth-order valence-electron chi connectivity index (χ4n) is 3.12. The van der Waals surface area contributed by atoms with Gasteiger partial charge in [0, 0.05) is 24.3 Å². The number of hydrogen-bond acceptors (Lipinski definition) is 6. The van der Waals surface area contributed by atoms with Crippen LogP contribution < -0.4 is 4.90 Å². The average Bonchev–Trinajstić information content (AvgIpc) is 3.34. The normalized spacial score (nSPS) is 16.4. The van der Waals surface area contributed by atoms with E-state index in [2.05, 4.69) is 4.98 Å². The Balaban J connectivity index is 1.69. The first-order valence-electron chi connectivity index (χ1n) is 8.75. The predicted octanol–water partition coefficient (Wildman–Crippen LogP) is 4.17. The van der Waals surface area contributed by atoms with E-state index < -0.39 is 4.92 Å². The Labute approximate surface area is 163 Å². The van der Waals surface area contributed by atoms with Gasteiger partial charge in [0.15, 0.2) is 5.13 Å². The number of ether oxygens (including phenoxy) is 1. The Kier molecular flexibility index (Phi) is 5.01. The zero-order valence-electron chi connectivity index (χ0n) is 14.7. The molecule has 9 heteroatoms. The first-order chi connectivity index (χ1) is 13.5. The summed E-state index contributed by atoms with van der Waals surface area (Å²) in [6.45, 7) is 0.966. The number of nitro groups is 1. The molecule has 1 aliphatic heterocycles. The maximum Gasteiger partial charge on any atom is 0.269 e. The third kappa shape index (κ3) is 3.71. The van der Waals surface area contributed by atoms with Gasteiger partial charge in [-0.15, -0.1) is 0 Å². The lowest BCUT2D eigenvalue weighted by molar-refractivity contribution is -0.384. The Morgan fingerprint density at radius 2 is 2.11 bits per heavy atom. The summed E-state index contributed by atoms with van der Waals surface area (Å²) < 4.78 is 19.8. The second-order valence-corrected chi connectivity index (χ2v) is 7.47. The van der Waals surface area contributed by atoms with Crippen molar-refractivity contribution in [3.63, 3.8) is 0 Å². The molecule has 1 atom stereocenters. The number of anilines is 1. The molecule has 144 valence electrons. The van der Waals surface area contributed by atoms with E-state index in [-0.39, 0.29) is 23.5 Å². The van der Waals surface area contributed by atoms with Crippen LogP contribution in [0.3, 0.4) is 0 Å². The summed E-state index contributed by atoms with van der Waals surface area (Å²) in [7, 11) is 0. The Morgan fingerprint density at radius 3 is 2.79 bits per heavy atom. The summed E-state index contributed by atoms with van der Waals surface area (Å²) in [5, 5.41) is 11.3. The summed E-state index contributed by atoms with van der Waals surface area (Å²) >= 11 is 1.22. The van der Waals surface area contributed by atoms with Gasteiger partial charge in [0.05, 0.1) is 27.8 Å². The molecule has 0 radical (unpaired) electrons. The zero-order chi connectivity index (χ0) is 19.7. The summed E-state index contributed by atoms with van der Waals surface area (Å²) in [4.78, 5) is 29.5. The molecule has 1 aliphatic rings. The van der Waals surface area contributed by atoms with E-state index in [0.717, 1.165) is 12.8 Å². The number of nitrogens with zero attached hydrogens (tertiary/aromatic N) is 3. The van der Waals surface area contributed by atoms with Gasteiger partial charge in [0.25, 0.3) is 11.6 Å². The van der Waals surface area contributed by atoms with Crippen molar-refractivity contribution in [3.05, 3.63) is 64.0 Å². The molecule has 0 aliphatic carbocycles. The summed E-state index contributed by atoms with van der Waals surface area (Å²) in [6.07, 6.45) is 1.66. The molecule has 0 spiro atoms. The van der Waals surface area contributed by atoms with Crippen LogP contribution in [0.2, 0.25) is 0 Å². The van der Waals surface area contributed by atoms with Crippen LogP contribution in [0.4, 0.5) is 15.2 Å². The number of nitro benzene ring substituents is 1. The Morgan fingerprint density at radius 1 is 1.32 bits per heavy atom. The number of benzene rings is 2. The number of amides is 1. The van der Waals surface area contributed by atoms with Crippen molar-refractivity contribution in [2.45, 2.75) is 18.9 Å². The maximum absolute atomic E-state index is 13.5. The van der Waals surface area contributed by atoms with Gasteiger partial charge < -0.3 is 4.74 Å². The van der Waals surface area contributed by atoms with E-state index in [0.29, 0.717) is 34.1 Å².